The van der Waals surface area contributed by atoms with E-state index in [9.17, 15) is 9.59 Å². The molecule has 0 spiro atoms. The quantitative estimate of drug-likeness (QED) is 0.184. The largest absolute Gasteiger partial charge is 0.320 e. The predicted molar refractivity (Wildman–Crippen MR) is 153 cm³/mol. The Hall–Kier alpha value is -2.92. The fourth-order valence-corrected chi connectivity index (χ4v) is 5.18. The van der Waals surface area contributed by atoms with Crippen LogP contribution in [0.3, 0.4) is 0 Å². The van der Waals surface area contributed by atoms with Crippen molar-refractivity contribution in [3.05, 3.63) is 89.5 Å². The van der Waals surface area contributed by atoms with Crippen LogP contribution in [0.2, 0.25) is 0 Å². The molecule has 0 saturated carbocycles. The van der Waals surface area contributed by atoms with Crippen LogP contribution in [0.1, 0.15) is 72.9 Å². The van der Waals surface area contributed by atoms with Crippen LogP contribution in [-0.2, 0) is 17.6 Å². The zero-order valence-electron chi connectivity index (χ0n) is 20.8. The third-order valence-corrected chi connectivity index (χ3v) is 7.32. The molecule has 1 aliphatic rings. The molecule has 0 saturated heterocycles. The van der Waals surface area contributed by atoms with Gasteiger partial charge < -0.3 is 5.32 Å². The van der Waals surface area contributed by atoms with Crippen LogP contribution in [0.25, 0.3) is 0 Å². The molecule has 0 bridgehead atoms. The summed E-state index contributed by atoms with van der Waals surface area (Å²) in [6, 6.07) is 23.2. The monoisotopic (exact) mass is 546 g/mol. The van der Waals surface area contributed by atoms with Gasteiger partial charge in [0.1, 0.15) is 0 Å². The Morgan fingerprint density at radius 2 is 1.28 bits per heavy atom. The zero-order valence-corrected chi connectivity index (χ0v) is 22.4. The van der Waals surface area contributed by atoms with Crippen molar-refractivity contribution in [2.75, 3.05) is 15.5 Å². The van der Waals surface area contributed by atoms with Crippen LogP contribution in [0.5, 0.6) is 0 Å². The first-order chi connectivity index (χ1) is 17.7. The fourth-order valence-electron chi connectivity index (χ4n) is 4.78. The smallest absolute Gasteiger partial charge is 0.257 e. The number of carbonyl (C=O) groups excluding carboxylic acids is 2. The number of unbranched alkanes of at least 4 members (excludes halogenated alkanes) is 7. The highest BCUT2D eigenvalue weighted by Crippen LogP contribution is 2.38. The Morgan fingerprint density at radius 1 is 0.694 bits per heavy atom. The van der Waals surface area contributed by atoms with Gasteiger partial charge in [0, 0.05) is 5.33 Å². The van der Waals surface area contributed by atoms with E-state index in [2.05, 4.69) is 45.5 Å². The number of fused-ring (bicyclic) bond motifs is 2. The van der Waals surface area contributed by atoms with Crippen molar-refractivity contribution in [1.82, 2.24) is 0 Å². The van der Waals surface area contributed by atoms with Crippen LogP contribution < -0.4 is 10.2 Å². The third-order valence-electron chi connectivity index (χ3n) is 6.76. The van der Waals surface area contributed by atoms with Crippen molar-refractivity contribution in [3.63, 3.8) is 0 Å². The molecule has 0 fully saturated rings. The molecule has 188 valence electrons. The molecule has 0 radical (unpaired) electrons. The number of rotatable bonds is 12. The molecule has 0 aromatic heterocycles. The molecule has 1 aliphatic heterocycles. The summed E-state index contributed by atoms with van der Waals surface area (Å²) in [6.07, 6.45) is 11.8. The second-order valence-corrected chi connectivity index (χ2v) is 10.3. The van der Waals surface area contributed by atoms with Gasteiger partial charge in [0.15, 0.2) is 0 Å². The van der Waals surface area contributed by atoms with E-state index in [1.807, 2.05) is 42.5 Å². The molecule has 0 aliphatic carbocycles. The van der Waals surface area contributed by atoms with Gasteiger partial charge in [0.05, 0.1) is 29.0 Å². The van der Waals surface area contributed by atoms with E-state index in [0.29, 0.717) is 22.6 Å². The molecule has 5 heteroatoms. The number of hydrogen-bond donors (Lipinski definition) is 1. The Balaban J connectivity index is 1.34. The van der Waals surface area contributed by atoms with Crippen molar-refractivity contribution in [3.8, 4) is 0 Å². The number of benzene rings is 3. The van der Waals surface area contributed by atoms with Crippen LogP contribution in [0.15, 0.2) is 72.8 Å². The van der Waals surface area contributed by atoms with Crippen LogP contribution in [0, 0.1) is 0 Å². The van der Waals surface area contributed by atoms with Gasteiger partial charge in [-0.2, -0.15) is 0 Å². The fraction of sp³-hybridized carbons (Fsp3) is 0.355. The van der Waals surface area contributed by atoms with Gasteiger partial charge in [-0.3, -0.25) is 14.5 Å². The lowest BCUT2D eigenvalue weighted by molar-refractivity contribution is -0.117. The standard InChI is InChI=1S/C31H35BrN2O2/c32-22-12-6-4-2-1-3-5-7-13-24-18-20-25(21-19-24)23-30(35)34-28-16-10-8-14-26(28)31(36)33-27-15-9-11-17-29(27)34/h8-11,14-21H,1-7,12-13,22-23H2,(H,33,36). The maximum Gasteiger partial charge on any atom is 0.257 e. The van der Waals surface area contributed by atoms with Crippen LogP contribution >= 0.6 is 15.9 Å². The summed E-state index contributed by atoms with van der Waals surface area (Å²) in [5.74, 6) is -0.261. The molecule has 4 rings (SSSR count). The number of para-hydroxylation sites is 3. The molecule has 3 aromatic rings. The molecule has 4 nitrogen and oxygen atoms in total. The van der Waals surface area contributed by atoms with Crippen molar-refractivity contribution in [2.45, 2.75) is 64.2 Å². The SMILES string of the molecule is O=C1Nc2ccccc2N(C(=O)Cc2ccc(CCCCCCCCCCBr)cc2)c2ccccc21. The summed E-state index contributed by atoms with van der Waals surface area (Å²) < 4.78 is 0. The van der Waals surface area contributed by atoms with Crippen LogP contribution in [0.4, 0.5) is 17.1 Å². The number of halogens is 1. The van der Waals surface area contributed by atoms with Gasteiger partial charge in [0.2, 0.25) is 5.91 Å². The van der Waals surface area contributed by atoms with E-state index in [4.69, 9.17) is 0 Å². The first-order valence-electron chi connectivity index (χ1n) is 13.1. The number of alkyl halides is 1. The molecule has 3 aromatic carbocycles. The summed E-state index contributed by atoms with van der Waals surface area (Å²) in [6.45, 7) is 0. The molecule has 0 atom stereocenters. The number of anilines is 3. The average Bonchev–Trinajstić information content (AvgIpc) is 3.02. The van der Waals surface area contributed by atoms with Gasteiger partial charge in [-0.25, -0.2) is 0 Å². The highest BCUT2D eigenvalue weighted by Gasteiger charge is 2.28. The Labute approximate surface area is 223 Å². The molecule has 1 heterocycles. The number of hydrogen-bond acceptors (Lipinski definition) is 2. The molecular formula is C31H35BrN2O2. The first kappa shape index (κ1) is 26.2. The van der Waals surface area contributed by atoms with E-state index in [-0.39, 0.29) is 18.2 Å². The number of amides is 2. The normalized spacial score (nSPS) is 12.5. The number of carbonyl (C=O) groups is 2. The molecule has 36 heavy (non-hydrogen) atoms. The van der Waals surface area contributed by atoms with E-state index >= 15 is 0 Å². The van der Waals surface area contributed by atoms with Gasteiger partial charge >= 0.3 is 0 Å². The van der Waals surface area contributed by atoms with Crippen molar-refractivity contribution in [1.29, 1.82) is 0 Å². The van der Waals surface area contributed by atoms with Crippen molar-refractivity contribution in [2.24, 2.45) is 0 Å². The summed E-state index contributed by atoms with van der Waals surface area (Å²) in [4.78, 5) is 28.0. The summed E-state index contributed by atoms with van der Waals surface area (Å²) in [5.41, 5.74) is 4.75. The zero-order chi connectivity index (χ0) is 25.2. The molecular weight excluding hydrogens is 512 g/mol. The lowest BCUT2D eigenvalue weighted by Gasteiger charge is -2.24. The number of nitrogens with one attached hydrogen (secondary N) is 1. The van der Waals surface area contributed by atoms with E-state index in [1.165, 1.54) is 56.9 Å². The van der Waals surface area contributed by atoms with Crippen LogP contribution in [-0.4, -0.2) is 17.1 Å². The van der Waals surface area contributed by atoms with Gasteiger partial charge in [-0.15, -0.1) is 0 Å². The number of nitrogens with zero attached hydrogens (tertiary/aromatic N) is 1. The topological polar surface area (TPSA) is 49.4 Å². The molecule has 1 N–H and O–H groups in total. The Bertz CT molecular complexity index is 1160. The Morgan fingerprint density at radius 3 is 2.00 bits per heavy atom. The maximum absolute atomic E-state index is 13.6. The van der Waals surface area contributed by atoms with Gasteiger partial charge in [-0.05, 0) is 54.7 Å². The molecule has 0 unspecified atom stereocenters. The lowest BCUT2D eigenvalue weighted by atomic mass is 10.0. The van der Waals surface area contributed by atoms with E-state index < -0.39 is 0 Å². The van der Waals surface area contributed by atoms with Crippen molar-refractivity contribution >= 4 is 44.8 Å². The first-order valence-corrected chi connectivity index (χ1v) is 14.3. The second-order valence-electron chi connectivity index (χ2n) is 9.48. The average molecular weight is 548 g/mol. The predicted octanol–water partition coefficient (Wildman–Crippen LogP) is 8.22. The summed E-state index contributed by atoms with van der Waals surface area (Å²) in [7, 11) is 0. The van der Waals surface area contributed by atoms with Gasteiger partial charge in [-0.1, -0.05) is 103 Å². The minimum atomic E-state index is -0.202. The highest BCUT2D eigenvalue weighted by molar-refractivity contribution is 9.09. The van der Waals surface area contributed by atoms with Gasteiger partial charge in [0.25, 0.3) is 5.91 Å². The highest BCUT2D eigenvalue weighted by atomic mass is 79.9. The minimum Gasteiger partial charge on any atom is -0.320 e. The summed E-state index contributed by atoms with van der Waals surface area (Å²) in [5, 5.41) is 4.07. The lowest BCUT2D eigenvalue weighted by Crippen LogP contribution is -2.28. The maximum atomic E-state index is 13.6. The number of aryl methyl sites for hydroxylation is 1. The Kier molecular flexibility index (Phi) is 9.74. The summed E-state index contributed by atoms with van der Waals surface area (Å²) >= 11 is 3.49. The minimum absolute atomic E-state index is 0.0599. The van der Waals surface area contributed by atoms with E-state index in [0.717, 1.165) is 17.3 Å². The van der Waals surface area contributed by atoms with Crippen molar-refractivity contribution < 1.29 is 9.59 Å². The second kappa shape index (κ2) is 13.4. The third kappa shape index (κ3) is 6.85. The molecule has 2 amide bonds. The van der Waals surface area contributed by atoms with E-state index in [1.54, 1.807) is 11.0 Å².